The van der Waals surface area contributed by atoms with E-state index >= 15 is 0 Å². The number of hydrogen-bond donors (Lipinski definition) is 3. The number of halogens is 3. The van der Waals surface area contributed by atoms with Crippen molar-refractivity contribution in [2.45, 2.75) is 38.5 Å². The molecule has 1 atom stereocenters. The molecular weight excluding hydrogens is 446 g/mol. The first-order chi connectivity index (χ1) is 14.7. The summed E-state index contributed by atoms with van der Waals surface area (Å²) < 4.78 is 19.7. The normalized spacial score (nSPS) is 16.2. The number of hydrogen-bond acceptors (Lipinski definition) is 6. The third-order valence-electron chi connectivity index (χ3n) is 5.14. The van der Waals surface area contributed by atoms with Gasteiger partial charge in [-0.25, -0.2) is 9.37 Å². The van der Waals surface area contributed by atoms with Gasteiger partial charge in [0, 0.05) is 36.4 Å². The number of benzene rings is 1. The van der Waals surface area contributed by atoms with E-state index in [2.05, 4.69) is 10.3 Å². The fourth-order valence-electron chi connectivity index (χ4n) is 3.39. The first-order valence-corrected chi connectivity index (χ1v) is 10.7. The van der Waals surface area contributed by atoms with E-state index in [-0.39, 0.29) is 46.7 Å². The van der Waals surface area contributed by atoms with Gasteiger partial charge in [0.2, 0.25) is 5.91 Å². The van der Waals surface area contributed by atoms with Crippen LogP contribution < -0.4 is 15.8 Å². The molecule has 168 valence electrons. The molecule has 10 heteroatoms. The molecule has 1 aromatic heterocycles. The zero-order valence-corrected chi connectivity index (χ0v) is 18.6. The number of piperidine rings is 1. The maximum absolute atomic E-state index is 13.8. The Morgan fingerprint density at radius 2 is 2.13 bits per heavy atom. The first kappa shape index (κ1) is 23.5. The van der Waals surface area contributed by atoms with E-state index in [1.165, 1.54) is 12.1 Å². The average Bonchev–Trinajstić information content (AvgIpc) is 2.73. The van der Waals surface area contributed by atoms with E-state index in [1.807, 2.05) is 4.90 Å². The van der Waals surface area contributed by atoms with Gasteiger partial charge in [0.05, 0.1) is 17.7 Å². The van der Waals surface area contributed by atoms with Crippen LogP contribution in [-0.4, -0.2) is 46.6 Å². The molecule has 3 rings (SSSR count). The van der Waals surface area contributed by atoms with Gasteiger partial charge >= 0.3 is 0 Å². The Morgan fingerprint density at radius 3 is 2.84 bits per heavy atom. The molecule has 0 aliphatic carbocycles. The van der Waals surface area contributed by atoms with Gasteiger partial charge in [-0.15, -0.1) is 0 Å². The number of carbonyl (C=O) groups excluding carboxylic acids is 1. The lowest BCUT2D eigenvalue weighted by molar-refractivity contribution is -0.123. The van der Waals surface area contributed by atoms with Gasteiger partial charge < -0.3 is 20.9 Å². The molecule has 1 saturated heterocycles. The summed E-state index contributed by atoms with van der Waals surface area (Å²) in [4.78, 5) is 18.4. The highest BCUT2D eigenvalue weighted by Gasteiger charge is 2.21. The predicted molar refractivity (Wildman–Crippen MR) is 118 cm³/mol. The summed E-state index contributed by atoms with van der Waals surface area (Å²) in [6.07, 6.45) is 1.94. The molecule has 0 bridgehead atoms. The molecular formula is C21H25Cl2FN4O3. The number of aliphatic hydroxyl groups excluding tert-OH is 1. The number of nitrogens with two attached hydrogens (primary N) is 1. The number of pyridine rings is 1. The van der Waals surface area contributed by atoms with Crippen LogP contribution in [0, 0.1) is 5.82 Å². The van der Waals surface area contributed by atoms with Gasteiger partial charge in [0.1, 0.15) is 11.9 Å². The number of nitrogens with one attached hydrogen (secondary N) is 1. The van der Waals surface area contributed by atoms with Crippen LogP contribution in [0.4, 0.5) is 10.2 Å². The minimum atomic E-state index is -0.681. The van der Waals surface area contributed by atoms with Crippen LogP contribution in [-0.2, 0) is 11.3 Å². The second-order valence-electron chi connectivity index (χ2n) is 7.53. The minimum Gasteiger partial charge on any atom is -0.482 e. The fourth-order valence-corrected chi connectivity index (χ4v) is 4.07. The van der Waals surface area contributed by atoms with Gasteiger partial charge in [-0.1, -0.05) is 23.2 Å². The number of ether oxygens (including phenoxy) is 1. The Hall–Kier alpha value is -2.13. The number of nitrogens with zero attached hydrogens (tertiary/aromatic N) is 2. The molecule has 4 N–H and O–H groups in total. The SMILES string of the molecule is CC(Oc1cc(CNC(=O)CN2CCC(O)CC2)cnc1N)c1c(Cl)ccc(F)c1Cl. The number of amides is 1. The molecule has 1 aromatic carbocycles. The number of carbonyl (C=O) groups is 1. The highest BCUT2D eigenvalue weighted by atomic mass is 35.5. The van der Waals surface area contributed by atoms with Gasteiger partial charge in [-0.05, 0) is 43.5 Å². The molecule has 1 fully saturated rings. The molecule has 1 amide bonds. The Bertz CT molecular complexity index is 939. The second kappa shape index (κ2) is 10.5. The molecule has 31 heavy (non-hydrogen) atoms. The third-order valence-corrected chi connectivity index (χ3v) is 5.86. The number of aromatic nitrogens is 1. The molecule has 7 nitrogen and oxygen atoms in total. The standard InChI is InChI=1S/C21H25Cl2FN4O3/c1-12(19-15(22)2-3-16(24)20(19)23)31-17-8-13(10-27-21(17)25)9-26-18(30)11-28-6-4-14(29)5-7-28/h2-3,8,10,12,14,29H,4-7,9,11H2,1H3,(H2,25,27)(H,26,30). The molecule has 2 heterocycles. The quantitative estimate of drug-likeness (QED) is 0.536. The summed E-state index contributed by atoms with van der Waals surface area (Å²) in [5.74, 6) is -0.289. The van der Waals surface area contributed by atoms with E-state index < -0.39 is 11.9 Å². The van der Waals surface area contributed by atoms with Crippen LogP contribution in [0.5, 0.6) is 5.75 Å². The number of anilines is 1. The van der Waals surface area contributed by atoms with E-state index in [4.69, 9.17) is 33.7 Å². The van der Waals surface area contributed by atoms with Crippen molar-refractivity contribution in [1.29, 1.82) is 0 Å². The average molecular weight is 471 g/mol. The van der Waals surface area contributed by atoms with E-state index in [0.29, 0.717) is 37.1 Å². The van der Waals surface area contributed by atoms with Crippen molar-refractivity contribution in [1.82, 2.24) is 15.2 Å². The first-order valence-electron chi connectivity index (χ1n) is 9.96. The lowest BCUT2D eigenvalue weighted by Crippen LogP contribution is -2.42. The van der Waals surface area contributed by atoms with E-state index in [1.54, 1.807) is 19.2 Å². The monoisotopic (exact) mass is 470 g/mol. The summed E-state index contributed by atoms with van der Waals surface area (Å²) in [5.41, 5.74) is 6.93. The van der Waals surface area contributed by atoms with Crippen LogP contribution >= 0.6 is 23.2 Å². The Labute approximate surface area is 190 Å². The maximum Gasteiger partial charge on any atom is 0.234 e. The summed E-state index contributed by atoms with van der Waals surface area (Å²) in [6.45, 7) is 3.58. The van der Waals surface area contributed by atoms with Gasteiger partial charge in [-0.2, -0.15) is 0 Å². The Balaban J connectivity index is 1.61. The molecule has 0 saturated carbocycles. The number of likely N-dealkylation sites (tertiary alicyclic amines) is 1. The van der Waals surface area contributed by atoms with Crippen LogP contribution in [0.1, 0.15) is 37.0 Å². The predicted octanol–water partition coefficient (Wildman–Crippen LogP) is 3.32. The van der Waals surface area contributed by atoms with E-state index in [9.17, 15) is 14.3 Å². The summed E-state index contributed by atoms with van der Waals surface area (Å²) in [5, 5.41) is 12.6. The fraction of sp³-hybridized carbons (Fsp3) is 0.429. The summed E-state index contributed by atoms with van der Waals surface area (Å²) in [7, 11) is 0. The van der Waals surface area contributed by atoms with Gasteiger partial charge in [0.25, 0.3) is 0 Å². The molecule has 1 aliphatic rings. The summed E-state index contributed by atoms with van der Waals surface area (Å²) >= 11 is 12.2. The lowest BCUT2D eigenvalue weighted by atomic mass is 10.1. The Kier molecular flexibility index (Phi) is 7.94. The third kappa shape index (κ3) is 6.20. The minimum absolute atomic E-state index is 0.111. The van der Waals surface area contributed by atoms with Crippen LogP contribution in [0.15, 0.2) is 24.4 Å². The zero-order chi connectivity index (χ0) is 22.5. The molecule has 0 radical (unpaired) electrons. The number of aliphatic hydroxyl groups is 1. The van der Waals surface area contributed by atoms with Crippen molar-refractivity contribution < 1.29 is 19.0 Å². The molecule has 2 aromatic rings. The van der Waals surface area contributed by atoms with Crippen LogP contribution in [0.25, 0.3) is 0 Å². The topological polar surface area (TPSA) is 101 Å². The lowest BCUT2D eigenvalue weighted by Gasteiger charge is -2.28. The Morgan fingerprint density at radius 1 is 1.42 bits per heavy atom. The number of nitrogen functional groups attached to an aromatic ring is 1. The van der Waals surface area contributed by atoms with Gasteiger partial charge in [0.15, 0.2) is 11.6 Å². The summed E-state index contributed by atoms with van der Waals surface area (Å²) in [6, 6.07) is 4.26. The highest BCUT2D eigenvalue weighted by Crippen LogP contribution is 2.36. The largest absolute Gasteiger partial charge is 0.482 e. The molecule has 1 unspecified atom stereocenters. The smallest absolute Gasteiger partial charge is 0.234 e. The molecule has 1 aliphatic heterocycles. The van der Waals surface area contributed by atoms with Crippen LogP contribution in [0.3, 0.4) is 0 Å². The zero-order valence-electron chi connectivity index (χ0n) is 17.1. The van der Waals surface area contributed by atoms with Crippen LogP contribution in [0.2, 0.25) is 10.0 Å². The van der Waals surface area contributed by atoms with Gasteiger partial charge in [-0.3, -0.25) is 9.69 Å². The van der Waals surface area contributed by atoms with Crippen molar-refractivity contribution in [3.63, 3.8) is 0 Å². The number of rotatable bonds is 7. The highest BCUT2D eigenvalue weighted by molar-refractivity contribution is 6.36. The van der Waals surface area contributed by atoms with Crippen molar-refractivity contribution in [3.8, 4) is 5.75 Å². The second-order valence-corrected chi connectivity index (χ2v) is 8.31. The van der Waals surface area contributed by atoms with E-state index in [0.717, 1.165) is 0 Å². The maximum atomic E-state index is 13.8. The van der Waals surface area contributed by atoms with Crippen molar-refractivity contribution in [3.05, 3.63) is 51.4 Å². The van der Waals surface area contributed by atoms with Crippen molar-refractivity contribution in [2.75, 3.05) is 25.4 Å². The van der Waals surface area contributed by atoms with Crippen molar-refractivity contribution >= 4 is 34.9 Å². The molecule has 0 spiro atoms. The van der Waals surface area contributed by atoms with Crippen molar-refractivity contribution in [2.24, 2.45) is 0 Å².